The first-order valence-electron chi connectivity index (χ1n) is 5.81. The van der Waals surface area contributed by atoms with E-state index in [1.807, 2.05) is 6.29 Å². The van der Waals surface area contributed by atoms with Gasteiger partial charge in [0.25, 0.3) is 5.56 Å². The number of H-pyrrole nitrogens is 1. The Morgan fingerprint density at radius 1 is 1.24 bits per heavy atom. The van der Waals surface area contributed by atoms with Gasteiger partial charge < -0.3 is 9.36 Å². The molecule has 3 rings (SSSR count). The predicted molar refractivity (Wildman–Crippen MR) is 71.6 cm³/mol. The minimum Gasteiger partial charge on any atom is -0.376 e. The summed E-state index contributed by atoms with van der Waals surface area (Å²) >= 11 is 0. The van der Waals surface area contributed by atoms with E-state index in [1.165, 1.54) is 0 Å². The minimum atomic E-state index is -0.728. The average Bonchev–Trinajstić information content (AvgIpc) is 2.40. The maximum absolute atomic E-state index is 11.8. The molecule has 0 atom stereocenters. The standard InChI is InChI=1S/C13H9N4O3.W/c1-6-3-8-9(4-7(6)5-18)17(2)11-10(14-8)12(19)16-13(20)15-11;/h3-4H,1-2H3,(H,16,19,20);/q-1;. The molecule has 0 aliphatic carbocycles. The van der Waals surface area contributed by atoms with E-state index in [1.54, 1.807) is 30.7 Å². The predicted octanol–water partition coefficient (Wildman–Crippen LogP) is -0.115. The van der Waals surface area contributed by atoms with Crippen molar-refractivity contribution in [3.8, 4) is 11.5 Å². The van der Waals surface area contributed by atoms with Gasteiger partial charge in [-0.3, -0.25) is 9.78 Å². The molecule has 0 spiro atoms. The van der Waals surface area contributed by atoms with Gasteiger partial charge in [-0.2, -0.15) is 4.98 Å². The van der Waals surface area contributed by atoms with Crippen LogP contribution in [0.5, 0.6) is 0 Å². The number of hydrogen-bond donors (Lipinski definition) is 1. The summed E-state index contributed by atoms with van der Waals surface area (Å²) in [7, 11) is 1.65. The fraction of sp³-hybridized carbons (Fsp3) is 0.154. The largest absolute Gasteiger partial charge is 0.376 e. The Labute approximate surface area is 132 Å². The normalized spacial score (nSPS) is 10.6. The van der Waals surface area contributed by atoms with Crippen molar-refractivity contribution in [3.05, 3.63) is 44.1 Å². The molecule has 106 valence electrons. The number of carbonyl (C=O) groups excluding carboxylic acids is 1. The third-order valence-corrected chi connectivity index (χ3v) is 3.20. The van der Waals surface area contributed by atoms with Gasteiger partial charge in [0.15, 0.2) is 11.5 Å². The van der Waals surface area contributed by atoms with E-state index in [0.29, 0.717) is 22.2 Å². The van der Waals surface area contributed by atoms with Crippen molar-refractivity contribution in [3.63, 3.8) is 0 Å². The number of rotatable bonds is 1. The van der Waals surface area contributed by atoms with Crippen LogP contribution in [0.3, 0.4) is 0 Å². The number of nitrogens with zero attached hydrogens (tertiary/aromatic N) is 3. The average molecular weight is 453 g/mol. The van der Waals surface area contributed by atoms with Crippen LogP contribution in [-0.2, 0) is 32.9 Å². The van der Waals surface area contributed by atoms with Crippen LogP contribution < -0.4 is 11.2 Å². The first-order valence-corrected chi connectivity index (χ1v) is 5.81. The molecule has 7 nitrogen and oxygen atoms in total. The Morgan fingerprint density at radius 2 is 1.95 bits per heavy atom. The quantitative estimate of drug-likeness (QED) is 0.410. The molecule has 21 heavy (non-hydrogen) atoms. The molecule has 0 bridgehead atoms. The van der Waals surface area contributed by atoms with Crippen molar-refractivity contribution in [2.75, 3.05) is 0 Å². The molecule has 2 aliphatic heterocycles. The van der Waals surface area contributed by atoms with E-state index in [4.69, 9.17) is 0 Å². The van der Waals surface area contributed by atoms with Crippen LogP contribution in [0.1, 0.15) is 11.1 Å². The first kappa shape index (κ1) is 15.3. The van der Waals surface area contributed by atoms with Crippen LogP contribution in [-0.4, -0.2) is 25.8 Å². The number of fused-ring (bicyclic) bond motifs is 2. The minimum absolute atomic E-state index is 0. The monoisotopic (exact) mass is 453 g/mol. The molecule has 0 saturated heterocycles. The second kappa shape index (κ2) is 5.33. The zero-order valence-corrected chi connectivity index (χ0v) is 14.1. The van der Waals surface area contributed by atoms with Crippen LogP contribution in [0.25, 0.3) is 22.6 Å². The molecule has 1 aromatic rings. The Kier molecular flexibility index (Phi) is 3.87. The van der Waals surface area contributed by atoms with E-state index in [2.05, 4.69) is 15.0 Å². The molecule has 1 aromatic carbocycles. The van der Waals surface area contributed by atoms with Gasteiger partial charge in [-0.05, 0) is 0 Å². The van der Waals surface area contributed by atoms with E-state index in [9.17, 15) is 14.4 Å². The van der Waals surface area contributed by atoms with Crippen LogP contribution in [0.15, 0.2) is 21.7 Å². The van der Waals surface area contributed by atoms with Crippen LogP contribution in [0.2, 0.25) is 0 Å². The maximum atomic E-state index is 11.8. The zero-order chi connectivity index (χ0) is 14.4. The summed E-state index contributed by atoms with van der Waals surface area (Å²) in [5.41, 5.74) is 1.03. The van der Waals surface area contributed by atoms with Gasteiger partial charge in [-0.1, -0.05) is 13.0 Å². The van der Waals surface area contributed by atoms with E-state index >= 15 is 0 Å². The molecule has 0 aromatic heterocycles. The molecule has 1 N–H and O–H groups in total. The summed E-state index contributed by atoms with van der Waals surface area (Å²) in [5.74, 6) is 0.173. The molecule has 0 unspecified atom stereocenters. The fourth-order valence-electron chi connectivity index (χ4n) is 2.15. The van der Waals surface area contributed by atoms with Crippen molar-refractivity contribution in [1.29, 1.82) is 0 Å². The number of hydrogen-bond acceptors (Lipinski definition) is 5. The van der Waals surface area contributed by atoms with Crippen LogP contribution >= 0.6 is 0 Å². The van der Waals surface area contributed by atoms with Crippen LogP contribution in [0, 0.1) is 6.92 Å². The summed E-state index contributed by atoms with van der Waals surface area (Å²) in [6.07, 6.45) is 1.84. The molecule has 0 amide bonds. The number of aromatic amines is 1. The Bertz CT molecular complexity index is 945. The van der Waals surface area contributed by atoms with E-state index < -0.39 is 11.2 Å². The summed E-state index contributed by atoms with van der Waals surface area (Å²) in [6, 6.07) is 3.30. The third kappa shape index (κ3) is 2.33. The smallest absolute Gasteiger partial charge is 0.349 e. The van der Waals surface area contributed by atoms with Gasteiger partial charge in [0, 0.05) is 33.6 Å². The van der Waals surface area contributed by atoms with Gasteiger partial charge in [0.1, 0.15) is 0 Å². The molecule has 2 aliphatic rings. The molecular formula is C13H9N4O3W-. The second-order valence-electron chi connectivity index (χ2n) is 4.47. The summed E-state index contributed by atoms with van der Waals surface area (Å²) in [4.78, 5) is 44.0. The number of aromatic nitrogens is 4. The van der Waals surface area contributed by atoms with Gasteiger partial charge in [0.05, 0.1) is 11.8 Å². The molecule has 0 saturated carbocycles. The Morgan fingerprint density at radius 3 is 2.62 bits per heavy atom. The zero-order valence-electron chi connectivity index (χ0n) is 11.1. The topological polar surface area (TPSA) is 97.7 Å². The van der Waals surface area contributed by atoms with Gasteiger partial charge in [-0.15, -0.1) is 17.2 Å². The fourth-order valence-corrected chi connectivity index (χ4v) is 2.15. The van der Waals surface area contributed by atoms with Crippen molar-refractivity contribution in [1.82, 2.24) is 19.5 Å². The summed E-state index contributed by atoms with van der Waals surface area (Å²) in [6.45, 7) is 1.76. The van der Waals surface area contributed by atoms with Crippen molar-refractivity contribution < 1.29 is 25.9 Å². The molecule has 2 heterocycles. The second-order valence-corrected chi connectivity index (χ2v) is 4.47. The Hall–Kier alpha value is -2.14. The third-order valence-electron chi connectivity index (χ3n) is 3.20. The molecule has 8 heteroatoms. The Balaban J connectivity index is 0.00000161. The van der Waals surface area contributed by atoms with E-state index in [0.717, 1.165) is 0 Å². The summed E-state index contributed by atoms with van der Waals surface area (Å²) in [5, 5.41) is 0. The van der Waals surface area contributed by atoms with Crippen molar-refractivity contribution in [2.45, 2.75) is 6.92 Å². The van der Waals surface area contributed by atoms with Crippen molar-refractivity contribution >= 4 is 17.3 Å². The SMILES string of the molecule is Cc1cc2nc3c(=O)[nH]c(=O)nc-3n(C)c2cc1[C-]=O.[W]. The van der Waals surface area contributed by atoms with Crippen molar-refractivity contribution in [2.24, 2.45) is 7.05 Å². The number of aryl methyl sites for hydroxylation is 2. The molecule has 0 fully saturated rings. The van der Waals surface area contributed by atoms with Crippen LogP contribution in [0.4, 0.5) is 0 Å². The van der Waals surface area contributed by atoms with Gasteiger partial charge >= 0.3 is 5.69 Å². The van der Waals surface area contributed by atoms with Gasteiger partial charge in [0.2, 0.25) is 0 Å². The first-order chi connectivity index (χ1) is 9.51. The number of nitrogens with one attached hydrogen (secondary N) is 1. The molecule has 0 radical (unpaired) electrons. The molecular weight excluding hydrogens is 444 g/mol. The maximum Gasteiger partial charge on any atom is 0.349 e. The summed E-state index contributed by atoms with van der Waals surface area (Å²) < 4.78 is 1.56. The number of benzene rings is 1. The van der Waals surface area contributed by atoms with Gasteiger partial charge in [-0.25, -0.2) is 9.78 Å². The van der Waals surface area contributed by atoms with E-state index in [-0.39, 0.29) is 32.6 Å².